The van der Waals surface area contributed by atoms with Crippen LogP contribution in [0.4, 0.5) is 0 Å². The van der Waals surface area contributed by atoms with Crippen molar-refractivity contribution in [1.82, 2.24) is 14.6 Å². The van der Waals surface area contributed by atoms with E-state index in [9.17, 15) is 5.11 Å². The maximum Gasteiger partial charge on any atom is 0.235 e. The maximum absolute atomic E-state index is 11.0. The summed E-state index contributed by atoms with van der Waals surface area (Å²) < 4.78 is 1.62. The van der Waals surface area contributed by atoms with Gasteiger partial charge in [-0.1, -0.05) is 55.9 Å². The second-order valence-corrected chi connectivity index (χ2v) is 9.23. The Balaban J connectivity index is 1.82. The van der Waals surface area contributed by atoms with Gasteiger partial charge in [0.1, 0.15) is 4.88 Å². The molecule has 1 aliphatic heterocycles. The van der Waals surface area contributed by atoms with Crippen LogP contribution in [0.15, 0.2) is 24.3 Å². The highest BCUT2D eigenvalue weighted by Gasteiger charge is 2.37. The van der Waals surface area contributed by atoms with Gasteiger partial charge in [-0.2, -0.15) is 4.52 Å². The van der Waals surface area contributed by atoms with Crippen LogP contribution < -0.4 is 4.90 Å². The van der Waals surface area contributed by atoms with Crippen LogP contribution in [0.5, 0.6) is 5.88 Å². The third-order valence-electron chi connectivity index (χ3n) is 5.63. The topological polar surface area (TPSA) is 54.9 Å². The van der Waals surface area contributed by atoms with Crippen molar-refractivity contribution in [3.8, 4) is 5.88 Å². The van der Waals surface area contributed by atoms with Crippen molar-refractivity contribution in [2.75, 3.05) is 13.1 Å². The summed E-state index contributed by atoms with van der Waals surface area (Å²) in [4.78, 5) is 7.88. The molecule has 4 rings (SSSR count). The first-order valence-corrected chi connectivity index (χ1v) is 10.8. The number of likely N-dealkylation sites (tertiary alicyclic amines) is 1. The molecular weight excluding hydrogens is 356 g/mol. The number of piperidine rings is 1. The number of nitrogens with one attached hydrogen (secondary N) is 1. The van der Waals surface area contributed by atoms with Crippen LogP contribution in [-0.2, 0) is 6.42 Å². The fourth-order valence-corrected chi connectivity index (χ4v) is 5.78. The van der Waals surface area contributed by atoms with Gasteiger partial charge in [0.15, 0.2) is 11.9 Å². The first-order chi connectivity index (χ1) is 13.0. The number of aromatic nitrogens is 3. The van der Waals surface area contributed by atoms with Gasteiger partial charge in [-0.05, 0) is 19.4 Å². The third kappa shape index (κ3) is 3.48. The van der Waals surface area contributed by atoms with Crippen molar-refractivity contribution < 1.29 is 10.0 Å². The third-order valence-corrected chi connectivity index (χ3v) is 6.72. The standard InChI is InChI=1S/C21H28N4OS/c1-5-17-22-21-25(23-17)20(26)19(27-21)18(16-8-6-7-13(2)10-16)24-11-14(3)9-15(4)12-24/h6-8,10,14-15,18,26H,5,9,11-12H2,1-4H3/p+1/t14-,15-,18-/m0/s1. The fraction of sp³-hybridized carbons (Fsp3) is 0.524. The van der Waals surface area contributed by atoms with Gasteiger partial charge >= 0.3 is 0 Å². The van der Waals surface area contributed by atoms with E-state index >= 15 is 0 Å². The summed E-state index contributed by atoms with van der Waals surface area (Å²) in [6.07, 6.45) is 2.06. The Morgan fingerprint density at radius 2 is 2.04 bits per heavy atom. The van der Waals surface area contributed by atoms with Crippen LogP contribution in [-0.4, -0.2) is 32.8 Å². The monoisotopic (exact) mass is 385 g/mol. The second-order valence-electron chi connectivity index (χ2n) is 8.23. The summed E-state index contributed by atoms with van der Waals surface area (Å²) in [6, 6.07) is 8.83. The highest BCUT2D eigenvalue weighted by molar-refractivity contribution is 7.17. The summed E-state index contributed by atoms with van der Waals surface area (Å²) in [5.41, 5.74) is 2.52. The molecule has 6 heteroatoms. The average Bonchev–Trinajstić information content (AvgIpc) is 3.14. The molecule has 0 bridgehead atoms. The van der Waals surface area contributed by atoms with Gasteiger partial charge in [-0.3, -0.25) is 0 Å². The van der Waals surface area contributed by atoms with E-state index in [1.54, 1.807) is 15.9 Å². The van der Waals surface area contributed by atoms with Crippen LogP contribution in [0, 0.1) is 18.8 Å². The minimum absolute atomic E-state index is 0.119. The summed E-state index contributed by atoms with van der Waals surface area (Å²) in [6.45, 7) is 11.1. The quantitative estimate of drug-likeness (QED) is 0.726. The molecule has 1 fully saturated rings. The molecule has 3 aromatic rings. The Hall–Kier alpha value is -1.92. The van der Waals surface area contributed by atoms with E-state index in [0.29, 0.717) is 11.8 Å². The largest absolute Gasteiger partial charge is 0.492 e. The Kier molecular flexibility index (Phi) is 4.95. The van der Waals surface area contributed by atoms with Gasteiger partial charge in [0, 0.05) is 23.8 Å². The number of quaternary nitrogens is 1. The van der Waals surface area contributed by atoms with E-state index in [-0.39, 0.29) is 11.9 Å². The Bertz CT molecular complexity index is 937. The maximum atomic E-state index is 11.0. The summed E-state index contributed by atoms with van der Waals surface area (Å²) in [5, 5.41) is 15.5. The molecule has 1 saturated heterocycles. The number of aryl methyl sites for hydroxylation is 2. The molecule has 0 aliphatic carbocycles. The Morgan fingerprint density at radius 1 is 1.30 bits per heavy atom. The number of thiazole rings is 1. The van der Waals surface area contributed by atoms with E-state index in [0.717, 1.165) is 35.2 Å². The van der Waals surface area contributed by atoms with Crippen LogP contribution >= 0.6 is 11.3 Å². The smallest absolute Gasteiger partial charge is 0.235 e. The van der Waals surface area contributed by atoms with E-state index in [1.165, 1.54) is 22.4 Å². The van der Waals surface area contributed by atoms with Gasteiger partial charge in [-0.25, -0.2) is 4.98 Å². The number of benzene rings is 1. The molecule has 3 heterocycles. The van der Waals surface area contributed by atoms with E-state index < -0.39 is 0 Å². The van der Waals surface area contributed by atoms with Crippen LogP contribution in [0.25, 0.3) is 4.96 Å². The Labute approximate surface area is 164 Å². The SMILES string of the molecule is CCc1nc2sc([C@H](c3cccc(C)c3)[NH+]3C[C@@H](C)C[C@H](C)C3)c(O)n2n1. The van der Waals surface area contributed by atoms with Crippen LogP contribution in [0.1, 0.15) is 55.1 Å². The number of rotatable bonds is 4. The number of aromatic hydroxyl groups is 1. The normalized spacial score (nSPS) is 24.4. The lowest BCUT2D eigenvalue weighted by Gasteiger charge is -2.37. The lowest BCUT2D eigenvalue weighted by molar-refractivity contribution is -0.936. The first kappa shape index (κ1) is 18.4. The predicted octanol–water partition coefficient (Wildman–Crippen LogP) is 3.02. The average molecular weight is 386 g/mol. The van der Waals surface area contributed by atoms with Crippen LogP contribution in [0.3, 0.4) is 0 Å². The van der Waals surface area contributed by atoms with Gasteiger partial charge in [-0.15, -0.1) is 5.10 Å². The molecule has 0 amide bonds. The summed E-state index contributed by atoms with van der Waals surface area (Å²) in [7, 11) is 0. The van der Waals surface area contributed by atoms with Crippen molar-refractivity contribution >= 4 is 16.3 Å². The predicted molar refractivity (Wildman–Crippen MR) is 109 cm³/mol. The zero-order valence-corrected chi connectivity index (χ0v) is 17.4. The zero-order valence-electron chi connectivity index (χ0n) is 16.6. The minimum Gasteiger partial charge on any atom is -0.492 e. The number of hydrogen-bond donors (Lipinski definition) is 2. The highest BCUT2D eigenvalue weighted by Crippen LogP contribution is 2.35. The van der Waals surface area contributed by atoms with Gasteiger partial charge < -0.3 is 10.0 Å². The molecule has 144 valence electrons. The first-order valence-electron chi connectivity index (χ1n) is 9.94. The van der Waals surface area contributed by atoms with Crippen molar-refractivity contribution in [1.29, 1.82) is 0 Å². The highest BCUT2D eigenvalue weighted by atomic mass is 32.1. The molecule has 0 saturated carbocycles. The summed E-state index contributed by atoms with van der Waals surface area (Å²) in [5.74, 6) is 2.41. The Morgan fingerprint density at radius 3 is 2.67 bits per heavy atom. The summed E-state index contributed by atoms with van der Waals surface area (Å²) >= 11 is 1.58. The molecule has 27 heavy (non-hydrogen) atoms. The van der Waals surface area contributed by atoms with Crippen molar-refractivity contribution in [3.63, 3.8) is 0 Å². The molecule has 2 N–H and O–H groups in total. The van der Waals surface area contributed by atoms with E-state index in [2.05, 4.69) is 55.1 Å². The van der Waals surface area contributed by atoms with Gasteiger partial charge in [0.25, 0.3) is 0 Å². The second kappa shape index (κ2) is 7.24. The van der Waals surface area contributed by atoms with Crippen molar-refractivity contribution in [3.05, 3.63) is 46.1 Å². The molecule has 3 atom stereocenters. The van der Waals surface area contributed by atoms with E-state index in [1.807, 2.05) is 6.92 Å². The molecule has 5 nitrogen and oxygen atoms in total. The van der Waals surface area contributed by atoms with Crippen LogP contribution in [0.2, 0.25) is 0 Å². The van der Waals surface area contributed by atoms with Crippen molar-refractivity contribution in [2.24, 2.45) is 11.8 Å². The van der Waals surface area contributed by atoms with Gasteiger partial charge in [0.05, 0.1) is 13.1 Å². The molecule has 0 radical (unpaired) electrons. The lowest BCUT2D eigenvalue weighted by atomic mass is 9.89. The molecule has 0 spiro atoms. The molecular formula is C21H29N4OS+. The number of nitrogens with zero attached hydrogens (tertiary/aromatic N) is 3. The number of fused-ring (bicyclic) bond motifs is 1. The lowest BCUT2D eigenvalue weighted by Crippen LogP contribution is -3.14. The number of hydrogen-bond acceptors (Lipinski definition) is 4. The molecule has 2 aromatic heterocycles. The van der Waals surface area contributed by atoms with E-state index in [4.69, 9.17) is 0 Å². The zero-order chi connectivity index (χ0) is 19.1. The molecule has 1 aromatic carbocycles. The van der Waals surface area contributed by atoms with Crippen molar-refractivity contribution in [2.45, 2.75) is 46.6 Å². The molecule has 1 aliphatic rings. The fourth-order valence-electron chi connectivity index (χ4n) is 4.62. The van der Waals surface area contributed by atoms with Gasteiger partial charge in [0.2, 0.25) is 10.8 Å². The minimum atomic E-state index is 0.119. The molecule has 0 unspecified atom stereocenters.